The number of hydrogen-bond acceptors (Lipinski definition) is 2. The van der Waals surface area contributed by atoms with Crippen molar-refractivity contribution in [1.29, 1.82) is 0 Å². The largest absolute Gasteiger partial charge is 0.456 e. The molecule has 10 aromatic rings. The quantitative estimate of drug-likeness (QED) is 0.188. The van der Waals surface area contributed by atoms with Crippen LogP contribution in [-0.2, 0) is 0 Å². The van der Waals surface area contributed by atoms with E-state index in [1.807, 2.05) is 18.2 Å². The van der Waals surface area contributed by atoms with Gasteiger partial charge in [0, 0.05) is 27.3 Å². The van der Waals surface area contributed by atoms with Crippen LogP contribution in [0.2, 0.25) is 0 Å². The third-order valence-corrected chi connectivity index (χ3v) is 9.79. The van der Waals surface area contributed by atoms with Crippen molar-refractivity contribution >= 4 is 43.7 Å². The molecule has 7 aromatic carbocycles. The minimum Gasteiger partial charge on any atom is -0.456 e. The second kappa shape index (κ2) is 11.5. The lowest BCUT2D eigenvalue weighted by Gasteiger charge is -2.13. The third kappa shape index (κ3) is 4.63. The fourth-order valence-corrected chi connectivity index (χ4v) is 7.42. The average Bonchev–Trinajstić information content (AvgIpc) is 3.74. The van der Waals surface area contributed by atoms with E-state index in [0.29, 0.717) is 0 Å². The number of furan rings is 1. The molecule has 0 atom stereocenters. The van der Waals surface area contributed by atoms with Gasteiger partial charge in [0.15, 0.2) is 0 Å². The second-order valence-electron chi connectivity index (χ2n) is 12.8. The number of para-hydroxylation sites is 1. The molecule has 0 radical (unpaired) electrons. The summed E-state index contributed by atoms with van der Waals surface area (Å²) in [6.45, 7) is 0. The van der Waals surface area contributed by atoms with E-state index in [2.05, 4.69) is 168 Å². The maximum Gasteiger partial charge on any atom is 0.137 e. The van der Waals surface area contributed by atoms with Gasteiger partial charge in [0.05, 0.1) is 33.5 Å². The van der Waals surface area contributed by atoms with Gasteiger partial charge >= 0.3 is 0 Å². The van der Waals surface area contributed by atoms with E-state index >= 15 is 0 Å². The molecule has 10 rings (SSSR count). The predicted octanol–water partition coefficient (Wildman–Crippen LogP) is 12.7. The fraction of sp³-hybridized carbons (Fsp3) is 0. The summed E-state index contributed by atoms with van der Waals surface area (Å²) in [5, 5.41) is 4.63. The maximum absolute atomic E-state index is 6.39. The number of pyridine rings is 1. The Morgan fingerprint density at radius 3 is 1.50 bits per heavy atom. The van der Waals surface area contributed by atoms with Crippen LogP contribution in [-0.4, -0.2) is 9.55 Å². The molecule has 0 saturated heterocycles. The molecule has 3 heterocycles. The van der Waals surface area contributed by atoms with Crippen LogP contribution < -0.4 is 0 Å². The van der Waals surface area contributed by atoms with Crippen molar-refractivity contribution in [2.45, 2.75) is 0 Å². The number of benzene rings is 7. The molecule has 0 aliphatic carbocycles. The van der Waals surface area contributed by atoms with E-state index in [1.165, 1.54) is 21.9 Å². The molecule has 0 bridgehead atoms. The van der Waals surface area contributed by atoms with E-state index < -0.39 is 0 Å². The van der Waals surface area contributed by atoms with Crippen LogP contribution >= 0.6 is 0 Å². The van der Waals surface area contributed by atoms with Crippen molar-refractivity contribution in [3.8, 4) is 50.5 Å². The van der Waals surface area contributed by atoms with Gasteiger partial charge in [-0.2, -0.15) is 0 Å². The highest BCUT2D eigenvalue weighted by atomic mass is 16.3. The number of aromatic nitrogens is 2. The Morgan fingerprint density at radius 1 is 0.360 bits per heavy atom. The molecule has 0 fully saturated rings. The van der Waals surface area contributed by atoms with Gasteiger partial charge in [-0.05, 0) is 64.7 Å². The highest BCUT2D eigenvalue weighted by Gasteiger charge is 2.19. The number of nitrogens with zero attached hydrogens (tertiary/aromatic N) is 2. The van der Waals surface area contributed by atoms with Gasteiger partial charge < -0.3 is 8.98 Å². The summed E-state index contributed by atoms with van der Waals surface area (Å²) in [6.07, 6.45) is 0. The Bertz CT molecular complexity index is 2790. The summed E-state index contributed by atoms with van der Waals surface area (Å²) in [6, 6.07) is 64.4. The molecule has 0 aliphatic rings. The molecule has 3 nitrogen and oxygen atoms in total. The molecule has 0 N–H and O–H groups in total. The summed E-state index contributed by atoms with van der Waals surface area (Å²) in [5.74, 6) is 0. The van der Waals surface area contributed by atoms with Gasteiger partial charge in [-0.3, -0.25) is 0 Å². The van der Waals surface area contributed by atoms with Gasteiger partial charge in [-0.1, -0.05) is 140 Å². The molecule has 0 spiro atoms. The number of fused-ring (bicyclic) bond motifs is 6. The van der Waals surface area contributed by atoms with Crippen molar-refractivity contribution in [2.24, 2.45) is 0 Å². The molecule has 0 aliphatic heterocycles. The predicted molar refractivity (Wildman–Crippen MR) is 208 cm³/mol. The van der Waals surface area contributed by atoms with Crippen molar-refractivity contribution in [2.75, 3.05) is 0 Å². The van der Waals surface area contributed by atoms with E-state index in [9.17, 15) is 0 Å². The summed E-state index contributed by atoms with van der Waals surface area (Å²) in [4.78, 5) is 5.14. The second-order valence-corrected chi connectivity index (χ2v) is 12.8. The van der Waals surface area contributed by atoms with Crippen LogP contribution in [0.5, 0.6) is 0 Å². The van der Waals surface area contributed by atoms with Crippen molar-refractivity contribution < 1.29 is 4.42 Å². The van der Waals surface area contributed by atoms with Gasteiger partial charge in [0.1, 0.15) is 11.2 Å². The normalized spacial score (nSPS) is 11.6. The van der Waals surface area contributed by atoms with Crippen molar-refractivity contribution in [3.63, 3.8) is 0 Å². The van der Waals surface area contributed by atoms with Crippen LogP contribution in [0.25, 0.3) is 94.2 Å². The smallest absolute Gasteiger partial charge is 0.137 e. The van der Waals surface area contributed by atoms with Gasteiger partial charge in [0.25, 0.3) is 0 Å². The zero-order valence-electron chi connectivity index (χ0n) is 27.1. The lowest BCUT2D eigenvalue weighted by Crippen LogP contribution is -1.95. The molecule has 50 heavy (non-hydrogen) atoms. The standard InChI is InChI=1S/C47H30N2O/c1-4-13-31(14-5-1)34-23-25-37-38-26-24-35(36-27-40(32-15-6-2-7-16-32)48-41(28-36)33-17-8-3-9-18-33)30-44(38)49(43(37)29-34)42-20-12-22-46-47(42)39-19-10-11-21-45(39)50-46/h1-30H. The minimum atomic E-state index is 0.878. The monoisotopic (exact) mass is 638 g/mol. The molecular weight excluding hydrogens is 609 g/mol. The van der Waals surface area contributed by atoms with E-state index in [4.69, 9.17) is 9.40 Å². The highest BCUT2D eigenvalue weighted by Crippen LogP contribution is 2.41. The Kier molecular flexibility index (Phi) is 6.49. The zero-order chi connectivity index (χ0) is 33.0. The van der Waals surface area contributed by atoms with Crippen LogP contribution in [0.1, 0.15) is 0 Å². The Balaban J connectivity index is 1.27. The van der Waals surface area contributed by atoms with Crippen molar-refractivity contribution in [3.05, 3.63) is 182 Å². The summed E-state index contributed by atoms with van der Waals surface area (Å²) >= 11 is 0. The fourth-order valence-electron chi connectivity index (χ4n) is 7.42. The highest BCUT2D eigenvalue weighted by molar-refractivity contribution is 6.15. The zero-order valence-corrected chi connectivity index (χ0v) is 27.1. The number of rotatable bonds is 5. The molecular formula is C47H30N2O. The Morgan fingerprint density at radius 2 is 0.880 bits per heavy atom. The van der Waals surface area contributed by atoms with E-state index in [0.717, 1.165) is 72.3 Å². The summed E-state index contributed by atoms with van der Waals surface area (Å²) in [7, 11) is 0. The first-order valence-corrected chi connectivity index (χ1v) is 17.0. The van der Waals surface area contributed by atoms with Crippen LogP contribution in [0.3, 0.4) is 0 Å². The number of hydrogen-bond donors (Lipinski definition) is 0. The summed E-state index contributed by atoms with van der Waals surface area (Å²) < 4.78 is 8.82. The maximum atomic E-state index is 6.39. The van der Waals surface area contributed by atoms with Gasteiger partial charge in [0.2, 0.25) is 0 Å². The SMILES string of the molecule is c1ccc(-c2ccc3c4ccc(-c5cc(-c6ccccc6)nc(-c6ccccc6)c5)cc4n(-c4cccc5oc6ccccc6c45)c3c2)cc1. The Labute approximate surface area is 289 Å². The van der Waals surface area contributed by atoms with Crippen LogP contribution in [0.4, 0.5) is 0 Å². The third-order valence-electron chi connectivity index (χ3n) is 9.79. The van der Waals surface area contributed by atoms with E-state index in [1.54, 1.807) is 0 Å². The molecule has 234 valence electrons. The lowest BCUT2D eigenvalue weighted by molar-refractivity contribution is 0.669. The lowest BCUT2D eigenvalue weighted by atomic mass is 9.98. The average molecular weight is 639 g/mol. The minimum absolute atomic E-state index is 0.878. The van der Waals surface area contributed by atoms with Crippen molar-refractivity contribution in [1.82, 2.24) is 9.55 Å². The first-order chi connectivity index (χ1) is 24.8. The van der Waals surface area contributed by atoms with Crippen LogP contribution in [0, 0.1) is 0 Å². The first kappa shape index (κ1) is 28.3. The summed E-state index contributed by atoms with van der Waals surface area (Å²) in [5.41, 5.74) is 13.9. The van der Waals surface area contributed by atoms with Crippen LogP contribution in [0.15, 0.2) is 186 Å². The molecule has 0 amide bonds. The first-order valence-electron chi connectivity index (χ1n) is 17.0. The Hall–Kier alpha value is -6.71. The van der Waals surface area contributed by atoms with Gasteiger partial charge in [-0.15, -0.1) is 0 Å². The molecule has 3 aromatic heterocycles. The molecule has 0 unspecified atom stereocenters. The topological polar surface area (TPSA) is 31.0 Å². The van der Waals surface area contributed by atoms with Gasteiger partial charge in [-0.25, -0.2) is 4.98 Å². The molecule has 0 saturated carbocycles. The molecule has 3 heteroatoms. The van der Waals surface area contributed by atoms with E-state index in [-0.39, 0.29) is 0 Å².